The van der Waals surface area contributed by atoms with Gasteiger partial charge in [0.25, 0.3) is 0 Å². The van der Waals surface area contributed by atoms with Gasteiger partial charge >= 0.3 is 12.1 Å². The summed E-state index contributed by atoms with van der Waals surface area (Å²) in [6.45, 7) is 0.590. The maximum Gasteiger partial charge on any atom is 0.417 e. The molecule has 0 bridgehead atoms. The van der Waals surface area contributed by atoms with E-state index in [1.165, 1.54) is 12.1 Å². The van der Waals surface area contributed by atoms with Crippen molar-refractivity contribution in [2.24, 2.45) is 0 Å². The Labute approximate surface area is 108 Å². The summed E-state index contributed by atoms with van der Waals surface area (Å²) in [5, 5.41) is 0. The Bertz CT molecular complexity index is 451. The molecule has 0 saturated carbocycles. The molecule has 0 radical (unpaired) electrons. The molecule has 2 rings (SSSR count). The molecule has 1 atom stereocenters. The van der Waals surface area contributed by atoms with E-state index in [1.54, 1.807) is 0 Å². The lowest BCUT2D eigenvalue weighted by atomic mass is 10.1. The molecule has 3 nitrogen and oxygen atoms in total. The molecule has 19 heavy (non-hydrogen) atoms. The van der Waals surface area contributed by atoms with E-state index in [0.717, 1.165) is 25.0 Å². The van der Waals surface area contributed by atoms with E-state index < -0.39 is 23.3 Å². The first-order valence-corrected chi connectivity index (χ1v) is 5.93. The van der Waals surface area contributed by atoms with E-state index in [2.05, 4.69) is 0 Å². The molecule has 0 amide bonds. The number of alkyl halides is 3. The molecule has 0 spiro atoms. The van der Waals surface area contributed by atoms with Crippen LogP contribution in [0.15, 0.2) is 24.3 Å². The Kier molecular flexibility index (Phi) is 4.09. The van der Waals surface area contributed by atoms with Gasteiger partial charge in [-0.3, -0.25) is 0 Å². The summed E-state index contributed by atoms with van der Waals surface area (Å²) in [6.07, 6.45) is -3.14. The first-order valence-electron chi connectivity index (χ1n) is 5.93. The van der Waals surface area contributed by atoms with Crippen LogP contribution in [0, 0.1) is 0 Å². The van der Waals surface area contributed by atoms with Gasteiger partial charge in [0, 0.05) is 6.61 Å². The SMILES string of the molecule is O=C(OC[C@H]1CCCO1)c1ccccc1C(F)(F)F. The molecule has 1 heterocycles. The number of carbonyl (C=O) groups excluding carboxylic acids is 1. The molecular formula is C13H13F3O3. The minimum atomic E-state index is -4.57. The van der Waals surface area contributed by atoms with Gasteiger partial charge in [0.1, 0.15) is 6.61 Å². The fraction of sp³-hybridized carbons (Fsp3) is 0.462. The Morgan fingerprint density at radius 3 is 2.74 bits per heavy atom. The van der Waals surface area contributed by atoms with Gasteiger partial charge in [0.2, 0.25) is 0 Å². The normalized spacial score (nSPS) is 19.4. The average Bonchev–Trinajstić information content (AvgIpc) is 2.88. The number of benzene rings is 1. The van der Waals surface area contributed by atoms with Crippen molar-refractivity contribution >= 4 is 5.97 Å². The highest BCUT2D eigenvalue weighted by Gasteiger charge is 2.35. The summed E-state index contributed by atoms with van der Waals surface area (Å²) in [4.78, 5) is 11.7. The van der Waals surface area contributed by atoms with Gasteiger partial charge in [-0.2, -0.15) is 13.2 Å². The van der Waals surface area contributed by atoms with Crippen LogP contribution in [0.2, 0.25) is 0 Å². The van der Waals surface area contributed by atoms with Crippen molar-refractivity contribution in [2.45, 2.75) is 25.1 Å². The largest absolute Gasteiger partial charge is 0.459 e. The first-order chi connectivity index (χ1) is 8.98. The molecule has 104 valence electrons. The fourth-order valence-corrected chi connectivity index (χ4v) is 1.93. The summed E-state index contributed by atoms with van der Waals surface area (Å²) < 4.78 is 48.3. The van der Waals surface area contributed by atoms with Crippen molar-refractivity contribution in [3.8, 4) is 0 Å². The Morgan fingerprint density at radius 1 is 1.37 bits per heavy atom. The fourth-order valence-electron chi connectivity index (χ4n) is 1.93. The summed E-state index contributed by atoms with van der Waals surface area (Å²) in [7, 11) is 0. The van der Waals surface area contributed by atoms with Crippen molar-refractivity contribution in [1.82, 2.24) is 0 Å². The van der Waals surface area contributed by atoms with Crippen LogP contribution in [-0.4, -0.2) is 25.3 Å². The van der Waals surface area contributed by atoms with Gasteiger partial charge in [-0.15, -0.1) is 0 Å². The van der Waals surface area contributed by atoms with E-state index in [0.29, 0.717) is 6.61 Å². The summed E-state index contributed by atoms with van der Waals surface area (Å²) in [5.41, 5.74) is -1.44. The third-order valence-electron chi connectivity index (χ3n) is 2.88. The highest BCUT2D eigenvalue weighted by molar-refractivity contribution is 5.91. The number of ether oxygens (including phenoxy) is 2. The van der Waals surface area contributed by atoms with Crippen LogP contribution in [0.3, 0.4) is 0 Å². The quantitative estimate of drug-likeness (QED) is 0.795. The average molecular weight is 274 g/mol. The van der Waals surface area contributed by atoms with Crippen molar-refractivity contribution in [1.29, 1.82) is 0 Å². The predicted molar refractivity (Wildman–Crippen MR) is 60.7 cm³/mol. The van der Waals surface area contributed by atoms with Crippen molar-refractivity contribution in [3.63, 3.8) is 0 Å². The summed E-state index contributed by atoms with van der Waals surface area (Å²) in [6, 6.07) is 4.58. The lowest BCUT2D eigenvalue weighted by Crippen LogP contribution is -2.20. The minimum absolute atomic E-state index is 0.00890. The third-order valence-corrected chi connectivity index (χ3v) is 2.88. The monoisotopic (exact) mass is 274 g/mol. The van der Waals surface area contributed by atoms with Crippen LogP contribution in [-0.2, 0) is 15.7 Å². The standard InChI is InChI=1S/C13H13F3O3/c14-13(15,16)11-6-2-1-5-10(11)12(17)19-8-9-4-3-7-18-9/h1-2,5-6,9H,3-4,7-8H2/t9-/m1/s1. The second-order valence-corrected chi connectivity index (χ2v) is 4.28. The van der Waals surface area contributed by atoms with Crippen LogP contribution in [0.1, 0.15) is 28.8 Å². The molecule has 1 saturated heterocycles. The van der Waals surface area contributed by atoms with E-state index >= 15 is 0 Å². The van der Waals surface area contributed by atoms with Gasteiger partial charge in [-0.1, -0.05) is 12.1 Å². The highest BCUT2D eigenvalue weighted by atomic mass is 19.4. The number of hydrogen-bond acceptors (Lipinski definition) is 3. The van der Waals surface area contributed by atoms with Gasteiger partial charge in [0.15, 0.2) is 0 Å². The van der Waals surface area contributed by atoms with Crippen molar-refractivity contribution in [2.75, 3.05) is 13.2 Å². The molecular weight excluding hydrogens is 261 g/mol. The molecule has 6 heteroatoms. The number of esters is 1. The molecule has 1 aromatic carbocycles. The van der Waals surface area contributed by atoms with Gasteiger partial charge in [0.05, 0.1) is 17.2 Å². The van der Waals surface area contributed by atoms with Crippen LogP contribution >= 0.6 is 0 Å². The van der Waals surface area contributed by atoms with Crippen LogP contribution in [0.5, 0.6) is 0 Å². The molecule has 0 N–H and O–H groups in total. The number of rotatable bonds is 3. The van der Waals surface area contributed by atoms with Crippen molar-refractivity contribution in [3.05, 3.63) is 35.4 Å². The molecule has 0 unspecified atom stereocenters. The zero-order chi connectivity index (χ0) is 13.9. The molecule has 0 aliphatic carbocycles. The number of carbonyl (C=O) groups is 1. The number of hydrogen-bond donors (Lipinski definition) is 0. The molecule has 0 aromatic heterocycles. The lowest BCUT2D eigenvalue weighted by Gasteiger charge is -2.13. The molecule has 1 aromatic rings. The van der Waals surface area contributed by atoms with Crippen LogP contribution in [0.25, 0.3) is 0 Å². The third kappa shape index (κ3) is 3.47. The second kappa shape index (κ2) is 5.61. The smallest absolute Gasteiger partial charge is 0.417 e. The van der Waals surface area contributed by atoms with Gasteiger partial charge in [-0.05, 0) is 25.0 Å². The Hall–Kier alpha value is -1.56. The first kappa shape index (κ1) is 13.9. The minimum Gasteiger partial charge on any atom is -0.459 e. The lowest BCUT2D eigenvalue weighted by molar-refractivity contribution is -0.138. The van der Waals surface area contributed by atoms with Crippen LogP contribution in [0.4, 0.5) is 13.2 Å². The highest BCUT2D eigenvalue weighted by Crippen LogP contribution is 2.32. The van der Waals surface area contributed by atoms with E-state index in [-0.39, 0.29) is 12.7 Å². The zero-order valence-corrected chi connectivity index (χ0v) is 10.1. The van der Waals surface area contributed by atoms with Crippen LogP contribution < -0.4 is 0 Å². The van der Waals surface area contributed by atoms with E-state index in [1.807, 2.05) is 0 Å². The summed E-state index contributed by atoms with van der Waals surface area (Å²) in [5.74, 6) is -0.969. The zero-order valence-electron chi connectivity index (χ0n) is 10.1. The predicted octanol–water partition coefficient (Wildman–Crippen LogP) is 3.04. The molecule has 1 aliphatic heterocycles. The Morgan fingerprint density at radius 2 is 2.11 bits per heavy atom. The second-order valence-electron chi connectivity index (χ2n) is 4.28. The summed E-state index contributed by atoms with van der Waals surface area (Å²) >= 11 is 0. The van der Waals surface area contributed by atoms with Gasteiger partial charge in [-0.25, -0.2) is 4.79 Å². The van der Waals surface area contributed by atoms with Gasteiger partial charge < -0.3 is 9.47 Å². The van der Waals surface area contributed by atoms with Crippen molar-refractivity contribution < 1.29 is 27.4 Å². The number of halogens is 3. The Balaban J connectivity index is 2.06. The molecule has 1 fully saturated rings. The topological polar surface area (TPSA) is 35.5 Å². The maximum absolute atomic E-state index is 12.7. The maximum atomic E-state index is 12.7. The molecule has 1 aliphatic rings. The van der Waals surface area contributed by atoms with E-state index in [9.17, 15) is 18.0 Å². The van der Waals surface area contributed by atoms with E-state index in [4.69, 9.17) is 9.47 Å².